The number of carbonyl (C=O) groups excluding carboxylic acids is 1. The van der Waals surface area contributed by atoms with Crippen LogP contribution in [0.5, 0.6) is 0 Å². The van der Waals surface area contributed by atoms with Crippen LogP contribution in [0.1, 0.15) is 284 Å². The third-order valence-corrected chi connectivity index (χ3v) is 15.1. The minimum atomic E-state index is -1.58. The number of hydrogen-bond donors (Lipinski definition) is 6. The average Bonchev–Trinajstić information content (AvgIpc) is 3.47. The molecule has 9 heteroatoms. The quantitative estimate of drug-likeness (QED) is 0.0261. The number of ether oxygens (including phenoxy) is 2. The second-order valence-corrected chi connectivity index (χ2v) is 22.5. The first-order chi connectivity index (χ1) is 38.8. The van der Waals surface area contributed by atoms with E-state index in [0.29, 0.717) is 6.42 Å². The van der Waals surface area contributed by atoms with Crippen LogP contribution in [0.4, 0.5) is 0 Å². The molecule has 1 rings (SSSR count). The SMILES string of the molecule is CC/C=C\C/C=C\C/C=C\C/C=C\C/C=C\CCCCCCCCCCCCCCCCCCCC(=O)NC(COC1OC(CO)C(O)C(O)C1O)C(O)/C=C/CC/C=C/CC/C=C/CCCCCCCCCCCCCCC. The molecule has 1 amide bonds. The van der Waals surface area contributed by atoms with E-state index in [2.05, 4.69) is 104 Å². The predicted molar refractivity (Wildman–Crippen MR) is 336 cm³/mol. The smallest absolute Gasteiger partial charge is 0.220 e. The van der Waals surface area contributed by atoms with Crippen LogP contribution in [-0.2, 0) is 14.3 Å². The Labute approximate surface area is 485 Å². The van der Waals surface area contributed by atoms with Crippen molar-refractivity contribution in [2.45, 2.75) is 326 Å². The van der Waals surface area contributed by atoms with Gasteiger partial charge in [0, 0.05) is 6.42 Å². The van der Waals surface area contributed by atoms with Crippen LogP contribution in [0, 0.1) is 0 Å². The largest absolute Gasteiger partial charge is 0.394 e. The van der Waals surface area contributed by atoms with E-state index in [9.17, 15) is 30.3 Å². The zero-order valence-corrected chi connectivity index (χ0v) is 50.9. The molecule has 0 bridgehead atoms. The monoisotopic (exact) mass is 1110 g/mol. The Balaban J connectivity index is 2.17. The van der Waals surface area contributed by atoms with Gasteiger partial charge < -0.3 is 40.3 Å². The van der Waals surface area contributed by atoms with Crippen molar-refractivity contribution >= 4 is 5.91 Å². The highest BCUT2D eigenvalue weighted by Crippen LogP contribution is 2.23. The van der Waals surface area contributed by atoms with Crippen LogP contribution in [0.25, 0.3) is 0 Å². The van der Waals surface area contributed by atoms with Crippen molar-refractivity contribution in [1.82, 2.24) is 5.32 Å². The molecule has 79 heavy (non-hydrogen) atoms. The Morgan fingerprint density at radius 1 is 0.443 bits per heavy atom. The lowest BCUT2D eigenvalue weighted by Crippen LogP contribution is -2.60. The Kier molecular flexibility index (Phi) is 54.7. The third kappa shape index (κ3) is 47.3. The van der Waals surface area contributed by atoms with Crippen LogP contribution >= 0.6 is 0 Å². The van der Waals surface area contributed by atoms with Crippen molar-refractivity contribution in [2.24, 2.45) is 0 Å². The number of nitrogens with one attached hydrogen (secondary N) is 1. The molecule has 1 saturated heterocycles. The highest BCUT2D eigenvalue weighted by atomic mass is 16.7. The Bertz CT molecular complexity index is 1560. The van der Waals surface area contributed by atoms with Crippen molar-refractivity contribution < 1.29 is 39.8 Å². The van der Waals surface area contributed by atoms with Crippen LogP contribution in [0.2, 0.25) is 0 Å². The summed E-state index contributed by atoms with van der Waals surface area (Å²) in [4.78, 5) is 13.1. The number of aliphatic hydroxyl groups excluding tert-OH is 5. The molecule has 0 aromatic rings. The first kappa shape index (κ1) is 74.1. The molecule has 1 heterocycles. The van der Waals surface area contributed by atoms with E-state index >= 15 is 0 Å². The minimum absolute atomic E-state index is 0.191. The van der Waals surface area contributed by atoms with Gasteiger partial charge in [-0.2, -0.15) is 0 Å². The zero-order valence-electron chi connectivity index (χ0n) is 50.9. The van der Waals surface area contributed by atoms with E-state index in [1.54, 1.807) is 6.08 Å². The molecule has 0 spiro atoms. The van der Waals surface area contributed by atoms with Crippen molar-refractivity contribution in [3.63, 3.8) is 0 Å². The number of carbonyl (C=O) groups is 1. The summed E-state index contributed by atoms with van der Waals surface area (Å²) in [7, 11) is 0. The van der Waals surface area contributed by atoms with Gasteiger partial charge in [0.05, 0.1) is 25.4 Å². The Morgan fingerprint density at radius 2 is 0.797 bits per heavy atom. The van der Waals surface area contributed by atoms with Crippen molar-refractivity contribution in [1.29, 1.82) is 0 Å². The van der Waals surface area contributed by atoms with E-state index in [1.807, 2.05) is 6.08 Å². The maximum absolute atomic E-state index is 13.1. The first-order valence-corrected chi connectivity index (χ1v) is 33.0. The molecular formula is C70H123NO8. The zero-order chi connectivity index (χ0) is 57.2. The molecular weight excluding hydrogens is 983 g/mol. The van der Waals surface area contributed by atoms with Gasteiger partial charge in [0.2, 0.25) is 5.91 Å². The van der Waals surface area contributed by atoms with Gasteiger partial charge in [-0.05, 0) is 89.9 Å². The van der Waals surface area contributed by atoms with Gasteiger partial charge in [0.1, 0.15) is 24.4 Å². The highest BCUT2D eigenvalue weighted by Gasteiger charge is 2.44. The third-order valence-electron chi connectivity index (χ3n) is 15.1. The summed E-state index contributed by atoms with van der Waals surface area (Å²) in [5, 5.41) is 54.6. The average molecular weight is 1110 g/mol. The van der Waals surface area contributed by atoms with E-state index < -0.39 is 49.5 Å². The summed E-state index contributed by atoms with van der Waals surface area (Å²) in [6.45, 7) is 3.67. The minimum Gasteiger partial charge on any atom is -0.394 e. The molecule has 0 aromatic carbocycles. The van der Waals surface area contributed by atoms with Crippen molar-refractivity contribution in [2.75, 3.05) is 13.2 Å². The van der Waals surface area contributed by atoms with E-state index in [-0.39, 0.29) is 12.5 Å². The lowest BCUT2D eigenvalue weighted by atomic mass is 9.99. The van der Waals surface area contributed by atoms with Crippen LogP contribution in [-0.4, -0.2) is 87.5 Å². The molecule has 0 aromatic heterocycles. The molecule has 0 saturated carbocycles. The predicted octanol–water partition coefficient (Wildman–Crippen LogP) is 17.5. The summed E-state index contributed by atoms with van der Waals surface area (Å²) in [5.41, 5.74) is 0. The standard InChI is InChI=1S/C70H123NO8/c1-3-5-7-9-11-13-15-17-19-21-23-25-27-28-29-30-31-32-33-34-35-36-38-40-42-44-46-48-50-52-54-56-58-60-66(74)71-63(62-78-70-69(77)68(76)67(75)65(61-72)79-70)64(73)59-57-55-53-51-49-47-45-43-41-39-37-26-24-22-20-18-16-14-12-10-8-6-4-2/h5,7,11,13,17,19,23,25,28-29,41,43,49,51,57,59,63-65,67-70,72-73,75-77H,3-4,6,8-10,12,14-16,18,20-22,24,26-27,30-40,42,44-48,50,52-56,58,60-62H2,1-2H3,(H,71,74)/b7-5-,13-11-,19-17-,25-23-,29-28-,43-41+,51-49+,59-57+. The topological polar surface area (TPSA) is 149 Å². The molecule has 0 aliphatic carbocycles. The molecule has 7 unspecified atom stereocenters. The summed E-state index contributed by atoms with van der Waals surface area (Å²) < 4.78 is 11.3. The number of allylic oxidation sites excluding steroid dienone is 15. The Hall–Kier alpha value is -2.89. The number of amides is 1. The van der Waals surface area contributed by atoms with Gasteiger partial charge in [-0.3, -0.25) is 4.79 Å². The Morgan fingerprint density at radius 3 is 1.22 bits per heavy atom. The fourth-order valence-electron chi connectivity index (χ4n) is 9.98. The molecule has 0 radical (unpaired) electrons. The van der Waals surface area contributed by atoms with E-state index in [0.717, 1.165) is 77.0 Å². The normalized spacial score (nSPS) is 19.2. The highest BCUT2D eigenvalue weighted by molar-refractivity contribution is 5.76. The van der Waals surface area contributed by atoms with Crippen LogP contribution < -0.4 is 5.32 Å². The summed E-state index contributed by atoms with van der Waals surface area (Å²) in [5.74, 6) is -0.191. The second-order valence-electron chi connectivity index (χ2n) is 22.5. The fraction of sp³-hybridized carbons (Fsp3) is 0.757. The molecule has 456 valence electrons. The molecule has 9 nitrogen and oxygen atoms in total. The number of aliphatic hydroxyl groups is 5. The van der Waals surface area contributed by atoms with E-state index in [4.69, 9.17) is 9.47 Å². The van der Waals surface area contributed by atoms with Gasteiger partial charge in [-0.1, -0.05) is 284 Å². The summed E-state index contributed by atoms with van der Waals surface area (Å²) in [6.07, 6.45) is 77.8. The number of hydrogen-bond acceptors (Lipinski definition) is 8. The summed E-state index contributed by atoms with van der Waals surface area (Å²) >= 11 is 0. The van der Waals surface area contributed by atoms with E-state index in [1.165, 1.54) is 186 Å². The molecule has 6 N–H and O–H groups in total. The number of rotatable bonds is 56. The number of unbranched alkanes of at least 4 members (excludes halogenated alkanes) is 32. The first-order valence-electron chi connectivity index (χ1n) is 33.0. The molecule has 1 aliphatic heterocycles. The van der Waals surface area contributed by atoms with Crippen molar-refractivity contribution in [3.8, 4) is 0 Å². The second kappa shape index (κ2) is 58.3. The maximum atomic E-state index is 13.1. The van der Waals surface area contributed by atoms with Gasteiger partial charge in [-0.15, -0.1) is 0 Å². The summed E-state index contributed by atoms with van der Waals surface area (Å²) in [6, 6.07) is -0.834. The molecule has 1 aliphatic rings. The lowest BCUT2D eigenvalue weighted by Gasteiger charge is -2.40. The lowest BCUT2D eigenvalue weighted by molar-refractivity contribution is -0.302. The van der Waals surface area contributed by atoms with Gasteiger partial charge in [0.25, 0.3) is 0 Å². The van der Waals surface area contributed by atoms with Crippen molar-refractivity contribution in [3.05, 3.63) is 97.2 Å². The maximum Gasteiger partial charge on any atom is 0.220 e. The molecule has 1 fully saturated rings. The van der Waals surface area contributed by atoms with Crippen LogP contribution in [0.3, 0.4) is 0 Å². The van der Waals surface area contributed by atoms with Gasteiger partial charge in [0.15, 0.2) is 6.29 Å². The van der Waals surface area contributed by atoms with Crippen LogP contribution in [0.15, 0.2) is 97.2 Å². The fourth-order valence-corrected chi connectivity index (χ4v) is 9.98. The van der Waals surface area contributed by atoms with Gasteiger partial charge in [-0.25, -0.2) is 0 Å². The van der Waals surface area contributed by atoms with Gasteiger partial charge >= 0.3 is 0 Å². The molecule has 7 atom stereocenters.